The standard InChI is InChI=1S/C24H32FN3O5S/c1-6-22(24(30)26-17(2)3)27(15-18-7-13-21(33-4)14-8-18)23(29)16-28(34(5,31)32)20-11-9-19(25)10-12-20/h7-14,17,22H,6,15-16H2,1-5H3,(H,26,30). The zero-order valence-corrected chi connectivity index (χ0v) is 20.9. The Morgan fingerprint density at radius 2 is 1.65 bits per heavy atom. The Hall–Kier alpha value is -3.14. The van der Waals surface area contributed by atoms with Crippen molar-refractivity contribution in [3.05, 3.63) is 59.9 Å². The first-order valence-electron chi connectivity index (χ1n) is 10.9. The van der Waals surface area contributed by atoms with E-state index in [1.54, 1.807) is 38.3 Å². The topological polar surface area (TPSA) is 96.0 Å². The van der Waals surface area contributed by atoms with Crippen molar-refractivity contribution >= 4 is 27.5 Å². The van der Waals surface area contributed by atoms with Gasteiger partial charge in [-0.3, -0.25) is 13.9 Å². The summed E-state index contributed by atoms with van der Waals surface area (Å²) in [6, 6.07) is 10.9. The number of benzene rings is 2. The smallest absolute Gasteiger partial charge is 0.244 e. The van der Waals surface area contributed by atoms with Gasteiger partial charge in [-0.25, -0.2) is 12.8 Å². The van der Waals surface area contributed by atoms with Gasteiger partial charge in [0.15, 0.2) is 0 Å². The molecule has 0 saturated carbocycles. The lowest BCUT2D eigenvalue weighted by molar-refractivity contribution is -0.140. The zero-order chi connectivity index (χ0) is 25.5. The van der Waals surface area contributed by atoms with Crippen LogP contribution in [0.1, 0.15) is 32.8 Å². The molecule has 34 heavy (non-hydrogen) atoms. The molecule has 1 atom stereocenters. The van der Waals surface area contributed by atoms with Gasteiger partial charge < -0.3 is 15.0 Å². The number of nitrogens with zero attached hydrogens (tertiary/aromatic N) is 2. The van der Waals surface area contributed by atoms with Crippen molar-refractivity contribution in [2.24, 2.45) is 0 Å². The number of sulfonamides is 1. The largest absolute Gasteiger partial charge is 0.497 e. The van der Waals surface area contributed by atoms with E-state index < -0.39 is 34.3 Å². The third kappa shape index (κ3) is 7.44. The summed E-state index contributed by atoms with van der Waals surface area (Å²) in [7, 11) is -2.32. The first kappa shape index (κ1) is 27.1. The number of rotatable bonds is 11. The molecule has 2 aromatic rings. The van der Waals surface area contributed by atoms with Crippen molar-refractivity contribution in [2.45, 2.75) is 45.8 Å². The molecule has 0 aliphatic rings. The SMILES string of the molecule is CCC(C(=O)NC(C)C)N(Cc1ccc(OC)cc1)C(=O)CN(c1ccc(F)cc1)S(C)(=O)=O. The molecule has 186 valence electrons. The quantitative estimate of drug-likeness (QED) is 0.519. The van der Waals surface area contributed by atoms with Gasteiger partial charge in [-0.2, -0.15) is 0 Å². The predicted octanol–water partition coefficient (Wildman–Crippen LogP) is 2.93. The van der Waals surface area contributed by atoms with E-state index in [0.717, 1.165) is 28.3 Å². The molecule has 0 bridgehead atoms. The lowest BCUT2D eigenvalue weighted by Gasteiger charge is -2.33. The van der Waals surface area contributed by atoms with E-state index in [-0.39, 0.29) is 24.2 Å². The number of hydrogen-bond donors (Lipinski definition) is 1. The van der Waals surface area contributed by atoms with E-state index >= 15 is 0 Å². The normalized spacial score (nSPS) is 12.2. The molecule has 0 heterocycles. The number of nitrogens with one attached hydrogen (secondary N) is 1. The first-order valence-corrected chi connectivity index (χ1v) is 12.8. The minimum Gasteiger partial charge on any atom is -0.497 e. The highest BCUT2D eigenvalue weighted by Gasteiger charge is 2.32. The van der Waals surface area contributed by atoms with Gasteiger partial charge in [-0.1, -0.05) is 19.1 Å². The Kier molecular flexibility index (Phi) is 9.43. The van der Waals surface area contributed by atoms with Gasteiger partial charge in [0.25, 0.3) is 0 Å². The summed E-state index contributed by atoms with van der Waals surface area (Å²) in [5.41, 5.74) is 0.902. The lowest BCUT2D eigenvalue weighted by atomic mass is 10.1. The molecule has 0 spiro atoms. The summed E-state index contributed by atoms with van der Waals surface area (Å²) in [6.07, 6.45) is 1.30. The van der Waals surface area contributed by atoms with Gasteiger partial charge in [-0.05, 0) is 62.2 Å². The molecule has 0 aromatic heterocycles. The van der Waals surface area contributed by atoms with Crippen molar-refractivity contribution in [2.75, 3.05) is 24.2 Å². The van der Waals surface area contributed by atoms with Crippen LogP contribution in [0.2, 0.25) is 0 Å². The van der Waals surface area contributed by atoms with Gasteiger partial charge in [-0.15, -0.1) is 0 Å². The fourth-order valence-electron chi connectivity index (χ4n) is 3.45. The zero-order valence-electron chi connectivity index (χ0n) is 20.1. The van der Waals surface area contributed by atoms with E-state index in [0.29, 0.717) is 12.2 Å². The van der Waals surface area contributed by atoms with E-state index in [4.69, 9.17) is 4.74 Å². The van der Waals surface area contributed by atoms with Crippen molar-refractivity contribution in [1.29, 1.82) is 0 Å². The Bertz CT molecular complexity index is 1070. The molecule has 0 radical (unpaired) electrons. The van der Waals surface area contributed by atoms with Crippen LogP contribution < -0.4 is 14.4 Å². The maximum atomic E-state index is 13.5. The molecular formula is C24H32FN3O5S. The van der Waals surface area contributed by atoms with Crippen LogP contribution >= 0.6 is 0 Å². The summed E-state index contributed by atoms with van der Waals surface area (Å²) < 4.78 is 44.4. The van der Waals surface area contributed by atoms with Gasteiger partial charge in [0.1, 0.15) is 24.2 Å². The molecule has 0 saturated heterocycles. The van der Waals surface area contributed by atoms with Gasteiger partial charge in [0.2, 0.25) is 21.8 Å². The maximum Gasteiger partial charge on any atom is 0.244 e. The second kappa shape index (κ2) is 11.8. The molecule has 0 aliphatic heterocycles. The minimum atomic E-state index is -3.87. The van der Waals surface area contributed by atoms with Crippen LogP contribution in [0.5, 0.6) is 5.75 Å². The summed E-state index contributed by atoms with van der Waals surface area (Å²) >= 11 is 0. The van der Waals surface area contributed by atoms with E-state index in [9.17, 15) is 22.4 Å². The molecule has 1 N–H and O–H groups in total. The summed E-state index contributed by atoms with van der Waals surface area (Å²) in [5, 5.41) is 2.83. The molecule has 0 fully saturated rings. The lowest BCUT2D eigenvalue weighted by Crippen LogP contribution is -2.53. The number of amides is 2. The van der Waals surface area contributed by atoms with Crippen LogP contribution in [0, 0.1) is 5.82 Å². The Balaban J connectivity index is 2.42. The van der Waals surface area contributed by atoms with Crippen molar-refractivity contribution < 1.29 is 27.1 Å². The minimum absolute atomic E-state index is 0.0911. The van der Waals surface area contributed by atoms with Crippen LogP contribution in [0.3, 0.4) is 0 Å². The van der Waals surface area contributed by atoms with Crippen molar-refractivity contribution in [3.8, 4) is 5.75 Å². The monoisotopic (exact) mass is 493 g/mol. The number of carbonyl (C=O) groups is 2. The fourth-order valence-corrected chi connectivity index (χ4v) is 4.30. The van der Waals surface area contributed by atoms with E-state index in [1.807, 2.05) is 13.8 Å². The highest BCUT2D eigenvalue weighted by molar-refractivity contribution is 7.92. The Morgan fingerprint density at radius 1 is 1.06 bits per heavy atom. The third-order valence-electron chi connectivity index (χ3n) is 5.12. The number of methoxy groups -OCH3 is 1. The molecule has 10 heteroatoms. The van der Waals surface area contributed by atoms with Crippen LogP contribution in [0.25, 0.3) is 0 Å². The van der Waals surface area contributed by atoms with Gasteiger partial charge in [0, 0.05) is 12.6 Å². The fraction of sp³-hybridized carbons (Fsp3) is 0.417. The average molecular weight is 494 g/mol. The van der Waals surface area contributed by atoms with Crippen LogP contribution in [-0.2, 0) is 26.2 Å². The van der Waals surface area contributed by atoms with Crippen LogP contribution in [-0.4, -0.2) is 57.1 Å². The summed E-state index contributed by atoms with van der Waals surface area (Å²) in [4.78, 5) is 27.8. The average Bonchev–Trinajstić information content (AvgIpc) is 2.77. The highest BCUT2D eigenvalue weighted by atomic mass is 32.2. The van der Waals surface area contributed by atoms with Crippen molar-refractivity contribution in [3.63, 3.8) is 0 Å². The molecular weight excluding hydrogens is 461 g/mol. The Morgan fingerprint density at radius 3 is 2.12 bits per heavy atom. The number of anilines is 1. The second-order valence-corrected chi connectivity index (χ2v) is 10.1. The van der Waals surface area contributed by atoms with E-state index in [2.05, 4.69) is 5.32 Å². The Labute approximate surface area is 200 Å². The van der Waals surface area contributed by atoms with Crippen LogP contribution in [0.15, 0.2) is 48.5 Å². The summed E-state index contributed by atoms with van der Waals surface area (Å²) in [5.74, 6) is -0.768. The molecule has 2 amide bonds. The van der Waals surface area contributed by atoms with Crippen LogP contribution in [0.4, 0.5) is 10.1 Å². The highest BCUT2D eigenvalue weighted by Crippen LogP contribution is 2.21. The number of carbonyl (C=O) groups excluding carboxylic acids is 2. The van der Waals surface area contributed by atoms with Gasteiger partial charge >= 0.3 is 0 Å². The molecule has 1 unspecified atom stereocenters. The van der Waals surface area contributed by atoms with Gasteiger partial charge in [0.05, 0.1) is 19.1 Å². The maximum absolute atomic E-state index is 13.5. The number of ether oxygens (including phenoxy) is 1. The second-order valence-electron chi connectivity index (χ2n) is 8.20. The number of hydrogen-bond acceptors (Lipinski definition) is 5. The molecule has 2 aromatic carbocycles. The predicted molar refractivity (Wildman–Crippen MR) is 129 cm³/mol. The summed E-state index contributed by atoms with van der Waals surface area (Å²) in [6.45, 7) is 4.98. The molecule has 2 rings (SSSR count). The molecule has 8 nitrogen and oxygen atoms in total. The van der Waals surface area contributed by atoms with E-state index in [1.165, 1.54) is 17.0 Å². The number of halogens is 1. The first-order chi connectivity index (χ1) is 16.0. The third-order valence-corrected chi connectivity index (χ3v) is 6.26. The molecule has 0 aliphatic carbocycles. The van der Waals surface area contributed by atoms with Crippen molar-refractivity contribution in [1.82, 2.24) is 10.2 Å².